The summed E-state index contributed by atoms with van der Waals surface area (Å²) in [5.41, 5.74) is 1.60. The Hall–Kier alpha value is -3.64. The van der Waals surface area contributed by atoms with Crippen LogP contribution in [0.1, 0.15) is 19.4 Å². The highest BCUT2D eigenvalue weighted by Gasteiger charge is 2.33. The van der Waals surface area contributed by atoms with Crippen LogP contribution < -0.4 is 15.4 Å². The lowest BCUT2D eigenvalue weighted by molar-refractivity contribution is -0.134. The standard InChI is InChI=1S/C30H35ClN4O6S/c1-20-17-35(21(2)19-36)29(37)16-22-15-25(33-30(38)32-24-7-5-4-6-8-24)11-14-27(22)41-28(20)18-34(3)42(39,40)26-12-9-23(31)10-13-26/h4-15,20-21,28,36H,16-19H2,1-3H3,(H2,32,33,38)/t20-,21+,28-/m0/s1. The maximum Gasteiger partial charge on any atom is 0.323 e. The van der Waals surface area contributed by atoms with E-state index in [4.69, 9.17) is 16.3 Å². The van der Waals surface area contributed by atoms with Gasteiger partial charge in [-0.15, -0.1) is 0 Å². The number of halogens is 1. The Labute approximate surface area is 251 Å². The zero-order chi connectivity index (χ0) is 30.4. The van der Waals surface area contributed by atoms with Gasteiger partial charge in [0.25, 0.3) is 0 Å². The molecule has 1 aliphatic rings. The minimum Gasteiger partial charge on any atom is -0.488 e. The van der Waals surface area contributed by atoms with Crippen LogP contribution in [0.3, 0.4) is 0 Å². The van der Waals surface area contributed by atoms with E-state index in [9.17, 15) is 23.1 Å². The van der Waals surface area contributed by atoms with E-state index in [2.05, 4.69) is 10.6 Å². The minimum absolute atomic E-state index is 0.000581. The van der Waals surface area contributed by atoms with Gasteiger partial charge < -0.3 is 25.4 Å². The number of likely N-dealkylation sites (N-methyl/N-ethyl adjacent to an activating group) is 1. The number of benzene rings is 3. The normalized spacial score (nSPS) is 18.2. The monoisotopic (exact) mass is 614 g/mol. The molecule has 4 rings (SSSR count). The predicted octanol–water partition coefficient (Wildman–Crippen LogP) is 4.45. The smallest absolute Gasteiger partial charge is 0.323 e. The molecular formula is C30H35ClN4O6S. The lowest BCUT2D eigenvalue weighted by Gasteiger charge is -2.33. The van der Waals surface area contributed by atoms with Crippen molar-refractivity contribution in [2.75, 3.05) is 37.4 Å². The third kappa shape index (κ3) is 7.60. The summed E-state index contributed by atoms with van der Waals surface area (Å²) < 4.78 is 34.3. The van der Waals surface area contributed by atoms with E-state index >= 15 is 0 Å². The number of fused-ring (bicyclic) bond motifs is 1. The maximum atomic E-state index is 13.4. The topological polar surface area (TPSA) is 128 Å². The van der Waals surface area contributed by atoms with Gasteiger partial charge in [-0.2, -0.15) is 4.31 Å². The Balaban J connectivity index is 1.62. The largest absolute Gasteiger partial charge is 0.488 e. The maximum absolute atomic E-state index is 13.4. The van der Waals surface area contributed by atoms with Crippen molar-refractivity contribution in [1.29, 1.82) is 0 Å². The van der Waals surface area contributed by atoms with Crippen LogP contribution in [0.4, 0.5) is 16.2 Å². The van der Waals surface area contributed by atoms with Gasteiger partial charge in [-0.25, -0.2) is 13.2 Å². The van der Waals surface area contributed by atoms with Crippen molar-refractivity contribution in [3.8, 4) is 5.75 Å². The van der Waals surface area contributed by atoms with E-state index in [0.717, 1.165) is 0 Å². The number of hydrogen-bond donors (Lipinski definition) is 3. The van der Waals surface area contributed by atoms with Crippen LogP contribution in [0.15, 0.2) is 77.7 Å². The number of carbonyl (C=O) groups excluding carboxylic acids is 2. The molecule has 0 bridgehead atoms. The van der Waals surface area contributed by atoms with E-state index in [-0.39, 0.29) is 42.8 Å². The molecule has 224 valence electrons. The van der Waals surface area contributed by atoms with Crippen LogP contribution in [0.2, 0.25) is 5.02 Å². The summed E-state index contributed by atoms with van der Waals surface area (Å²) in [4.78, 5) is 27.7. The summed E-state index contributed by atoms with van der Waals surface area (Å²) in [6.45, 7) is 3.65. The predicted molar refractivity (Wildman–Crippen MR) is 162 cm³/mol. The average Bonchev–Trinajstić information content (AvgIpc) is 3.00. The Morgan fingerprint density at radius 2 is 1.76 bits per heavy atom. The van der Waals surface area contributed by atoms with E-state index < -0.39 is 28.2 Å². The van der Waals surface area contributed by atoms with Gasteiger partial charge in [-0.3, -0.25) is 4.79 Å². The molecule has 42 heavy (non-hydrogen) atoms. The molecule has 0 spiro atoms. The van der Waals surface area contributed by atoms with Crippen molar-refractivity contribution in [2.45, 2.75) is 37.3 Å². The van der Waals surface area contributed by atoms with Crippen LogP contribution in [-0.4, -0.2) is 73.6 Å². The van der Waals surface area contributed by atoms with Crippen LogP contribution >= 0.6 is 11.6 Å². The van der Waals surface area contributed by atoms with E-state index in [0.29, 0.717) is 27.7 Å². The first-order valence-electron chi connectivity index (χ1n) is 13.5. The number of nitrogens with zero attached hydrogens (tertiary/aromatic N) is 2. The molecule has 0 saturated heterocycles. The van der Waals surface area contributed by atoms with Gasteiger partial charge in [0, 0.05) is 41.5 Å². The number of amides is 3. The van der Waals surface area contributed by atoms with Crippen molar-refractivity contribution in [3.63, 3.8) is 0 Å². The number of aliphatic hydroxyl groups excluding tert-OH is 1. The minimum atomic E-state index is -3.86. The molecule has 0 saturated carbocycles. The summed E-state index contributed by atoms with van der Waals surface area (Å²) in [6, 6.07) is 19.0. The molecule has 3 atom stereocenters. The third-order valence-electron chi connectivity index (χ3n) is 7.16. The Morgan fingerprint density at radius 1 is 1.10 bits per heavy atom. The first kappa shape index (κ1) is 31.3. The molecule has 1 heterocycles. The number of para-hydroxylation sites is 1. The van der Waals surface area contributed by atoms with Crippen LogP contribution in [0.5, 0.6) is 5.75 Å². The number of sulfonamides is 1. The highest BCUT2D eigenvalue weighted by Crippen LogP contribution is 2.30. The highest BCUT2D eigenvalue weighted by molar-refractivity contribution is 7.89. The number of rotatable bonds is 8. The van der Waals surface area contributed by atoms with Gasteiger partial charge >= 0.3 is 6.03 Å². The summed E-state index contributed by atoms with van der Waals surface area (Å²) in [6.07, 6.45) is -0.677. The van der Waals surface area contributed by atoms with Crippen LogP contribution in [0, 0.1) is 5.92 Å². The Kier molecular flexibility index (Phi) is 10.1. The number of ether oxygens (including phenoxy) is 1. The van der Waals surface area contributed by atoms with Gasteiger partial charge in [0.15, 0.2) is 0 Å². The molecule has 12 heteroatoms. The molecule has 3 N–H and O–H groups in total. The first-order chi connectivity index (χ1) is 20.0. The molecule has 3 aromatic rings. The van der Waals surface area contributed by atoms with Gasteiger partial charge in [-0.05, 0) is 61.5 Å². The molecule has 0 aromatic heterocycles. The SMILES string of the molecule is C[C@H](CO)N1C[C@H](C)[C@H](CN(C)S(=O)(=O)c2ccc(Cl)cc2)Oc2ccc(NC(=O)Nc3ccccc3)cc2CC1=O. The van der Waals surface area contributed by atoms with Crippen molar-refractivity contribution < 1.29 is 27.9 Å². The number of nitrogens with one attached hydrogen (secondary N) is 2. The summed E-state index contributed by atoms with van der Waals surface area (Å²) in [5.74, 6) is -0.113. The summed E-state index contributed by atoms with van der Waals surface area (Å²) in [5, 5.41) is 15.8. The fourth-order valence-corrected chi connectivity index (χ4v) is 5.99. The fourth-order valence-electron chi connectivity index (χ4n) is 4.68. The van der Waals surface area contributed by atoms with E-state index in [1.807, 2.05) is 25.1 Å². The van der Waals surface area contributed by atoms with Crippen molar-refractivity contribution in [3.05, 3.63) is 83.4 Å². The van der Waals surface area contributed by atoms with E-state index in [1.165, 1.54) is 35.6 Å². The van der Waals surface area contributed by atoms with Gasteiger partial charge in [0.1, 0.15) is 11.9 Å². The van der Waals surface area contributed by atoms with Crippen molar-refractivity contribution >= 4 is 44.9 Å². The molecular weight excluding hydrogens is 580 g/mol. The van der Waals surface area contributed by atoms with Gasteiger partial charge in [0.2, 0.25) is 15.9 Å². The number of aliphatic hydroxyl groups is 1. The highest BCUT2D eigenvalue weighted by atomic mass is 35.5. The van der Waals surface area contributed by atoms with Crippen molar-refractivity contribution in [2.24, 2.45) is 5.92 Å². The Morgan fingerprint density at radius 3 is 2.43 bits per heavy atom. The molecule has 0 aliphatic carbocycles. The quantitative estimate of drug-likeness (QED) is 0.344. The number of urea groups is 1. The molecule has 0 radical (unpaired) electrons. The zero-order valence-corrected chi connectivity index (χ0v) is 25.2. The zero-order valence-electron chi connectivity index (χ0n) is 23.7. The summed E-state index contributed by atoms with van der Waals surface area (Å²) in [7, 11) is -2.38. The number of hydrogen-bond acceptors (Lipinski definition) is 6. The first-order valence-corrected chi connectivity index (χ1v) is 15.3. The Bertz CT molecular complexity index is 1500. The second-order valence-electron chi connectivity index (χ2n) is 10.4. The molecule has 3 aromatic carbocycles. The van der Waals surface area contributed by atoms with Gasteiger partial charge in [-0.1, -0.05) is 36.7 Å². The molecule has 0 unspecified atom stereocenters. The molecule has 0 fully saturated rings. The molecule has 10 nitrogen and oxygen atoms in total. The second-order valence-corrected chi connectivity index (χ2v) is 12.9. The van der Waals surface area contributed by atoms with E-state index in [1.54, 1.807) is 42.2 Å². The van der Waals surface area contributed by atoms with Crippen LogP contribution in [0.25, 0.3) is 0 Å². The number of anilines is 2. The average molecular weight is 615 g/mol. The third-order valence-corrected chi connectivity index (χ3v) is 9.25. The lowest BCUT2D eigenvalue weighted by atomic mass is 10.0. The fraction of sp³-hybridized carbons (Fsp3) is 0.333. The molecule has 3 amide bonds. The van der Waals surface area contributed by atoms with Crippen molar-refractivity contribution in [1.82, 2.24) is 9.21 Å². The number of carbonyl (C=O) groups is 2. The second kappa shape index (κ2) is 13.6. The van der Waals surface area contributed by atoms with Crippen LogP contribution in [-0.2, 0) is 21.2 Å². The lowest BCUT2D eigenvalue weighted by Crippen LogP contribution is -2.48. The summed E-state index contributed by atoms with van der Waals surface area (Å²) >= 11 is 5.95. The molecule has 1 aliphatic heterocycles. The van der Waals surface area contributed by atoms with Gasteiger partial charge in [0.05, 0.1) is 30.5 Å².